The molecule has 15 heteroatoms. The molecule has 0 spiro atoms. The van der Waals surface area contributed by atoms with Gasteiger partial charge in [0.15, 0.2) is 5.83 Å². The third-order valence-electron chi connectivity index (χ3n) is 1.17. The summed E-state index contributed by atoms with van der Waals surface area (Å²) in [6, 6.07) is 0. The van der Waals surface area contributed by atoms with Crippen LogP contribution in [0.5, 0.6) is 0 Å². The topological polar surface area (TPSA) is 26.3 Å². The van der Waals surface area contributed by atoms with Crippen LogP contribution in [0.15, 0.2) is 12.4 Å². The number of hydrogen-bond donors (Lipinski definition) is 0. The molecule has 0 fully saturated rings. The minimum Gasteiger partial charge on any atom is -0.277 e. The van der Waals surface area contributed by atoms with Gasteiger partial charge in [-0.2, -0.15) is 22.0 Å². The molecular formula is C9H7F13O2. The molecule has 146 valence electrons. The third kappa shape index (κ3) is 28.6. The van der Waals surface area contributed by atoms with Crippen molar-refractivity contribution in [1.82, 2.24) is 0 Å². The highest BCUT2D eigenvalue weighted by Gasteiger charge is 2.49. The molecule has 1 unspecified atom stereocenters. The van der Waals surface area contributed by atoms with Gasteiger partial charge in [0, 0.05) is 0 Å². The quantitative estimate of drug-likeness (QED) is 0.417. The molecule has 0 aliphatic heterocycles. The van der Waals surface area contributed by atoms with Gasteiger partial charge >= 0.3 is 25.0 Å². The molecule has 0 aromatic carbocycles. The van der Waals surface area contributed by atoms with Crippen molar-refractivity contribution in [3.63, 3.8) is 0 Å². The summed E-state index contributed by atoms with van der Waals surface area (Å²) < 4.78 is 146. The first kappa shape index (κ1) is 27.3. The van der Waals surface area contributed by atoms with E-state index in [0.29, 0.717) is 0 Å². The molecular weight excluding hydrogens is 387 g/mol. The van der Waals surface area contributed by atoms with Crippen molar-refractivity contribution < 1.29 is 66.6 Å². The van der Waals surface area contributed by atoms with E-state index in [4.69, 9.17) is 4.79 Å². The Morgan fingerprint density at radius 2 is 1.12 bits per heavy atom. The molecule has 1 atom stereocenters. The minimum atomic E-state index is -5.50. The largest absolute Gasteiger partial charge is 0.559 e. The second-order valence-corrected chi connectivity index (χ2v) is 3.57. The van der Waals surface area contributed by atoms with E-state index in [1.807, 2.05) is 0 Å². The van der Waals surface area contributed by atoms with E-state index >= 15 is 0 Å². The smallest absolute Gasteiger partial charge is 0.277 e. The van der Waals surface area contributed by atoms with E-state index < -0.39 is 43.1 Å². The summed E-state index contributed by atoms with van der Waals surface area (Å²) in [4.78, 5) is 8.11. The third-order valence-corrected chi connectivity index (χ3v) is 1.17. The molecule has 0 aromatic rings. The highest BCUT2D eigenvalue weighted by atomic mass is 19.5. The predicted molar refractivity (Wildman–Crippen MR) is 51.2 cm³/mol. The Labute approximate surface area is 124 Å². The standard InChI is InChI=1S/C7H7F7O.CF4.CF2O/c1-4(8)7(13,14)15-5(2,9)3-6(10,11)12;2-1(3,4)5;2-1(3)4/h1,3H2,2H3;;. The lowest BCUT2D eigenvalue weighted by molar-refractivity contribution is -0.333. The van der Waals surface area contributed by atoms with Crippen LogP contribution in [0.2, 0.25) is 0 Å². The van der Waals surface area contributed by atoms with Crippen LogP contribution in [0.25, 0.3) is 0 Å². The number of rotatable bonds is 4. The van der Waals surface area contributed by atoms with Crippen LogP contribution in [0.1, 0.15) is 13.3 Å². The van der Waals surface area contributed by atoms with Crippen LogP contribution in [-0.4, -0.2) is 30.9 Å². The highest BCUT2D eigenvalue weighted by Crippen LogP contribution is 2.37. The summed E-state index contributed by atoms with van der Waals surface area (Å²) >= 11 is 0. The highest BCUT2D eigenvalue weighted by molar-refractivity contribution is 5.55. The normalized spacial score (nSPS) is 14.4. The maximum Gasteiger partial charge on any atom is 0.559 e. The first-order chi connectivity index (χ1) is 10.1. The summed E-state index contributed by atoms with van der Waals surface area (Å²) in [5.74, 6) is -6.09. The molecule has 0 N–H and O–H groups in total. The van der Waals surface area contributed by atoms with Crippen molar-refractivity contribution in [1.29, 1.82) is 0 Å². The van der Waals surface area contributed by atoms with Crippen LogP contribution < -0.4 is 0 Å². The van der Waals surface area contributed by atoms with Crippen LogP contribution in [0, 0.1) is 0 Å². The van der Waals surface area contributed by atoms with Gasteiger partial charge in [0.1, 0.15) is 6.42 Å². The van der Waals surface area contributed by atoms with Crippen LogP contribution in [0.4, 0.5) is 61.9 Å². The number of ether oxygens (including phenoxy) is 1. The van der Waals surface area contributed by atoms with Gasteiger partial charge in [-0.25, -0.2) is 13.6 Å². The van der Waals surface area contributed by atoms with Gasteiger partial charge in [0.2, 0.25) is 5.85 Å². The monoisotopic (exact) mass is 394 g/mol. The molecule has 0 aromatic heterocycles. The molecule has 0 saturated carbocycles. The summed E-state index contributed by atoms with van der Waals surface area (Å²) in [5, 5.41) is 0. The van der Waals surface area contributed by atoms with Crippen LogP contribution in [0.3, 0.4) is 0 Å². The molecule has 0 amide bonds. The lowest BCUT2D eigenvalue weighted by atomic mass is 10.2. The number of alkyl halides is 10. The van der Waals surface area contributed by atoms with Gasteiger partial charge in [-0.1, -0.05) is 6.58 Å². The maximum atomic E-state index is 12.8. The Morgan fingerprint density at radius 1 is 0.875 bits per heavy atom. The lowest BCUT2D eigenvalue weighted by Gasteiger charge is -2.26. The average molecular weight is 394 g/mol. The second-order valence-electron chi connectivity index (χ2n) is 3.57. The lowest BCUT2D eigenvalue weighted by Crippen LogP contribution is -2.37. The van der Waals surface area contributed by atoms with E-state index in [-0.39, 0.29) is 6.92 Å². The van der Waals surface area contributed by atoms with Crippen LogP contribution in [-0.2, 0) is 4.74 Å². The number of hydrogen-bond acceptors (Lipinski definition) is 2. The molecule has 0 rings (SSSR count). The van der Waals surface area contributed by atoms with Gasteiger partial charge in [-0.05, 0) is 6.92 Å². The SMILES string of the molecule is C=C(F)C(F)(F)OC(C)(F)CC(F)(F)F.FC(F)(F)F.O=C(F)F. The molecule has 0 heterocycles. The molecule has 0 aliphatic rings. The molecule has 24 heavy (non-hydrogen) atoms. The van der Waals surface area contributed by atoms with Crippen molar-refractivity contribution in [3.05, 3.63) is 12.4 Å². The Kier molecular flexibility index (Phi) is 11.0. The fraction of sp³-hybridized carbons (Fsp3) is 0.667. The van der Waals surface area contributed by atoms with E-state index in [2.05, 4.69) is 11.3 Å². The molecule has 0 saturated heterocycles. The summed E-state index contributed by atoms with van der Waals surface area (Å²) in [6.07, 6.45) is -20.4. The van der Waals surface area contributed by atoms with Gasteiger partial charge in [-0.3, -0.25) is 4.74 Å². The zero-order valence-corrected chi connectivity index (χ0v) is 11.1. The Morgan fingerprint density at radius 3 is 1.29 bits per heavy atom. The first-order valence-corrected chi connectivity index (χ1v) is 4.88. The molecule has 0 aliphatic carbocycles. The van der Waals surface area contributed by atoms with Crippen molar-refractivity contribution in [2.45, 2.75) is 37.9 Å². The van der Waals surface area contributed by atoms with Crippen molar-refractivity contribution in [3.8, 4) is 0 Å². The Bertz CT molecular complexity index is 385. The van der Waals surface area contributed by atoms with Gasteiger partial charge in [0.25, 0.3) is 0 Å². The molecule has 2 nitrogen and oxygen atoms in total. The van der Waals surface area contributed by atoms with E-state index in [9.17, 15) is 57.1 Å². The molecule has 0 radical (unpaired) electrons. The summed E-state index contributed by atoms with van der Waals surface area (Å²) in [7, 11) is 0. The van der Waals surface area contributed by atoms with Crippen molar-refractivity contribution in [2.75, 3.05) is 0 Å². The number of halogens is 13. The predicted octanol–water partition coefficient (Wildman–Crippen LogP) is 6.24. The minimum absolute atomic E-state index is 0.122. The maximum absolute atomic E-state index is 12.8. The average Bonchev–Trinajstić information content (AvgIpc) is 2.05. The Hall–Kier alpha value is -1.54. The van der Waals surface area contributed by atoms with Gasteiger partial charge < -0.3 is 0 Å². The summed E-state index contributed by atoms with van der Waals surface area (Å²) in [6.45, 7) is 2.24. The number of carbonyl (C=O) groups is 1. The fourth-order valence-electron chi connectivity index (χ4n) is 0.717. The second kappa shape index (κ2) is 9.68. The zero-order chi connectivity index (χ0) is 20.6. The van der Waals surface area contributed by atoms with E-state index in [1.54, 1.807) is 0 Å². The van der Waals surface area contributed by atoms with E-state index in [0.717, 1.165) is 0 Å². The zero-order valence-electron chi connectivity index (χ0n) is 11.1. The molecule has 0 bridgehead atoms. The summed E-state index contributed by atoms with van der Waals surface area (Å²) in [5.41, 5.74) is 0. The van der Waals surface area contributed by atoms with Gasteiger partial charge in [-0.15, -0.1) is 26.3 Å². The van der Waals surface area contributed by atoms with Gasteiger partial charge in [0.05, 0.1) is 0 Å². The number of carbonyl (C=O) groups excluding carboxylic acids is 1. The van der Waals surface area contributed by atoms with Crippen LogP contribution >= 0.6 is 0 Å². The van der Waals surface area contributed by atoms with Crippen molar-refractivity contribution >= 4 is 6.29 Å². The van der Waals surface area contributed by atoms with Crippen molar-refractivity contribution in [2.24, 2.45) is 0 Å². The Balaban J connectivity index is -0.000000402. The van der Waals surface area contributed by atoms with E-state index in [1.165, 1.54) is 0 Å². The first-order valence-electron chi connectivity index (χ1n) is 4.88. The fourth-order valence-corrected chi connectivity index (χ4v) is 0.717.